The number of nitrogens with two attached hydrogens (primary N) is 1. The van der Waals surface area contributed by atoms with Crippen LogP contribution in [0.15, 0.2) is 0 Å². The van der Waals surface area contributed by atoms with Crippen molar-refractivity contribution in [2.45, 2.75) is 69.9 Å². The van der Waals surface area contributed by atoms with Gasteiger partial charge in [-0.2, -0.15) is 23.1 Å². The molecule has 2 bridgehead atoms. The van der Waals surface area contributed by atoms with Crippen LogP contribution in [0.25, 0.3) is 22.2 Å². The number of nitrogens with zero attached hydrogens (tertiary/aromatic N) is 6. The van der Waals surface area contributed by atoms with Crippen molar-refractivity contribution in [1.82, 2.24) is 30.2 Å². The number of hydrogen-bond donors (Lipinski definition) is 2. The van der Waals surface area contributed by atoms with Gasteiger partial charge in [-0.05, 0) is 39.5 Å². The third-order valence-electron chi connectivity index (χ3n) is 10.2. The number of nitrogens with one attached hydrogen (secondary N) is 1. The molecule has 0 aromatic carbocycles. The number of pyridine rings is 2. The van der Waals surface area contributed by atoms with E-state index in [2.05, 4.69) is 30.1 Å². The topological polar surface area (TPSA) is 124 Å². The zero-order valence-corrected chi connectivity index (χ0v) is 26.0. The predicted molar refractivity (Wildman–Crippen MR) is 160 cm³/mol. The van der Waals surface area contributed by atoms with Gasteiger partial charge >= 0.3 is 12.2 Å². The summed E-state index contributed by atoms with van der Waals surface area (Å²) in [5, 5.41) is 3.70. The maximum absolute atomic E-state index is 16.8. The molecule has 0 radical (unpaired) electrons. The van der Waals surface area contributed by atoms with Gasteiger partial charge in [0.15, 0.2) is 17.5 Å². The SMILES string of the molecule is Cc1nc(N)c(F)c(-c2nc3c4c(nc(OCC5(CN6CCOCC6)CC5)nc4c2F)N2C[C@H]4CC[C@H](N4)[C@H]2[C@H](C)O3)c1C(F)(F)F. The van der Waals surface area contributed by atoms with Gasteiger partial charge in [0.2, 0.25) is 5.88 Å². The highest BCUT2D eigenvalue weighted by molar-refractivity contribution is 5.97. The van der Waals surface area contributed by atoms with E-state index in [1.807, 2.05) is 6.92 Å². The number of alkyl halides is 3. The molecule has 8 rings (SSSR count). The molecule has 3 N–H and O–H groups in total. The first-order valence-corrected chi connectivity index (χ1v) is 16.0. The molecular weight excluding hydrogens is 627 g/mol. The molecule has 4 fully saturated rings. The molecule has 3 aromatic heterocycles. The zero-order chi connectivity index (χ0) is 32.8. The Bertz CT molecular complexity index is 1750. The molecule has 1 aliphatic carbocycles. The van der Waals surface area contributed by atoms with Crippen LogP contribution in [-0.4, -0.2) is 95.1 Å². The van der Waals surface area contributed by atoms with Gasteiger partial charge in [-0.3, -0.25) is 4.90 Å². The number of aryl methyl sites for hydroxylation is 1. The van der Waals surface area contributed by atoms with E-state index in [1.54, 1.807) is 0 Å². The van der Waals surface area contributed by atoms with Crippen LogP contribution in [0.4, 0.5) is 33.6 Å². The molecule has 4 aliphatic heterocycles. The number of morpholine rings is 1. The molecular formula is C31H35F5N8O3. The first-order valence-electron chi connectivity index (χ1n) is 16.0. The summed E-state index contributed by atoms with van der Waals surface area (Å²) in [6.07, 6.45) is -1.95. The Morgan fingerprint density at radius 2 is 1.83 bits per heavy atom. The van der Waals surface area contributed by atoms with Gasteiger partial charge in [-0.1, -0.05) is 0 Å². The fourth-order valence-corrected chi connectivity index (χ4v) is 7.77. The highest BCUT2D eigenvalue weighted by Gasteiger charge is 2.49. The average Bonchev–Trinajstić information content (AvgIpc) is 3.72. The Morgan fingerprint density at radius 1 is 1.06 bits per heavy atom. The summed E-state index contributed by atoms with van der Waals surface area (Å²) in [5.41, 5.74) is 1.00. The standard InChI is InChI=1S/C31H35F5N8O3/c1-14-20(31(34,35)36)18(21(32)26(37)38-14)23-22(33)24-19-27(44-11-16-3-4-17(39-16)25(44)15(2)47-28(19)40-23)42-29(41-24)46-13-30(5-6-30)12-43-7-9-45-10-8-43/h15-17,25,39H,3-13H2,1-2H3,(H2,37,38)/t15-,16+,17-,25+/m0/s1. The van der Waals surface area contributed by atoms with Gasteiger partial charge in [0.25, 0.3) is 0 Å². The number of nitrogen functional groups attached to an aromatic ring is 1. The summed E-state index contributed by atoms with van der Waals surface area (Å²) in [6, 6.07) is -0.190. The number of halogens is 5. The van der Waals surface area contributed by atoms with Crippen molar-refractivity contribution in [3.63, 3.8) is 0 Å². The van der Waals surface area contributed by atoms with Crippen molar-refractivity contribution in [3.8, 4) is 23.1 Å². The monoisotopic (exact) mass is 662 g/mol. The van der Waals surface area contributed by atoms with Crippen LogP contribution in [0, 0.1) is 24.0 Å². The van der Waals surface area contributed by atoms with Crippen molar-refractivity contribution < 1.29 is 36.2 Å². The first kappa shape index (κ1) is 30.7. The summed E-state index contributed by atoms with van der Waals surface area (Å²) >= 11 is 0. The normalized spacial score (nSPS) is 26.6. The van der Waals surface area contributed by atoms with Crippen LogP contribution in [0.5, 0.6) is 11.9 Å². The Morgan fingerprint density at radius 3 is 2.55 bits per heavy atom. The highest BCUT2D eigenvalue weighted by Crippen LogP contribution is 2.49. The third kappa shape index (κ3) is 5.19. The summed E-state index contributed by atoms with van der Waals surface area (Å²) in [4.78, 5) is 21.3. The van der Waals surface area contributed by atoms with Crippen LogP contribution >= 0.6 is 0 Å². The van der Waals surface area contributed by atoms with Crippen molar-refractivity contribution in [1.29, 1.82) is 0 Å². The quantitative estimate of drug-likeness (QED) is 0.374. The lowest BCUT2D eigenvalue weighted by Gasteiger charge is -2.42. The lowest BCUT2D eigenvalue weighted by Crippen LogP contribution is -2.62. The van der Waals surface area contributed by atoms with E-state index in [4.69, 9.17) is 24.9 Å². The van der Waals surface area contributed by atoms with Crippen molar-refractivity contribution in [3.05, 3.63) is 22.9 Å². The molecule has 11 nitrogen and oxygen atoms in total. The number of rotatable bonds is 6. The number of piperazine rings is 1. The first-order chi connectivity index (χ1) is 22.4. The smallest absolute Gasteiger partial charge is 0.418 e. The maximum atomic E-state index is 16.8. The predicted octanol–water partition coefficient (Wildman–Crippen LogP) is 3.86. The largest absolute Gasteiger partial charge is 0.472 e. The molecule has 5 aliphatic rings. The lowest BCUT2D eigenvalue weighted by atomic mass is 9.99. The second-order valence-corrected chi connectivity index (χ2v) is 13.5. The Labute approximate surface area is 267 Å². The summed E-state index contributed by atoms with van der Waals surface area (Å²) < 4.78 is 93.5. The number of ether oxygens (including phenoxy) is 3. The Hall–Kier alpha value is -3.63. The summed E-state index contributed by atoms with van der Waals surface area (Å²) in [5.74, 6) is -3.48. The number of fused-ring (bicyclic) bond motifs is 5. The molecule has 16 heteroatoms. The van der Waals surface area contributed by atoms with Crippen molar-refractivity contribution in [2.75, 3.05) is 56.6 Å². The molecule has 0 unspecified atom stereocenters. The molecule has 3 aromatic rings. The van der Waals surface area contributed by atoms with E-state index in [0.717, 1.165) is 52.2 Å². The Balaban J connectivity index is 1.28. The molecule has 0 amide bonds. The molecule has 252 valence electrons. The van der Waals surface area contributed by atoms with E-state index in [1.165, 1.54) is 0 Å². The highest BCUT2D eigenvalue weighted by atomic mass is 19.4. The van der Waals surface area contributed by atoms with Gasteiger partial charge < -0.3 is 30.2 Å². The minimum absolute atomic E-state index is 0.0249. The molecule has 47 heavy (non-hydrogen) atoms. The minimum atomic E-state index is -5.10. The number of anilines is 2. The molecule has 4 atom stereocenters. The van der Waals surface area contributed by atoms with Crippen molar-refractivity contribution in [2.24, 2.45) is 5.41 Å². The van der Waals surface area contributed by atoms with Crippen LogP contribution in [0.3, 0.4) is 0 Å². The van der Waals surface area contributed by atoms with Crippen LogP contribution in [0.1, 0.15) is 43.9 Å². The summed E-state index contributed by atoms with van der Waals surface area (Å²) in [6.45, 7) is 7.45. The maximum Gasteiger partial charge on any atom is 0.418 e. The molecule has 0 spiro atoms. The van der Waals surface area contributed by atoms with Gasteiger partial charge in [0, 0.05) is 43.7 Å². The second-order valence-electron chi connectivity index (χ2n) is 13.5. The Kier molecular flexibility index (Phi) is 7.15. The van der Waals surface area contributed by atoms with E-state index in [0.29, 0.717) is 25.6 Å². The van der Waals surface area contributed by atoms with E-state index in [9.17, 15) is 13.2 Å². The third-order valence-corrected chi connectivity index (χ3v) is 10.2. The van der Waals surface area contributed by atoms with Crippen LogP contribution in [-0.2, 0) is 10.9 Å². The van der Waals surface area contributed by atoms with Crippen LogP contribution in [0.2, 0.25) is 0 Å². The van der Waals surface area contributed by atoms with Gasteiger partial charge in [0.1, 0.15) is 28.5 Å². The van der Waals surface area contributed by atoms with E-state index < -0.39 is 52.2 Å². The van der Waals surface area contributed by atoms with Gasteiger partial charge in [-0.15, -0.1) is 0 Å². The van der Waals surface area contributed by atoms with Gasteiger partial charge in [0.05, 0.1) is 42.7 Å². The lowest BCUT2D eigenvalue weighted by molar-refractivity contribution is -0.138. The molecule has 3 saturated heterocycles. The number of hydrogen-bond acceptors (Lipinski definition) is 11. The van der Waals surface area contributed by atoms with E-state index in [-0.39, 0.29) is 52.9 Å². The minimum Gasteiger partial charge on any atom is -0.472 e. The molecule has 7 heterocycles. The van der Waals surface area contributed by atoms with Gasteiger partial charge in [-0.25, -0.2) is 18.7 Å². The van der Waals surface area contributed by atoms with Crippen molar-refractivity contribution >= 4 is 22.5 Å². The zero-order valence-electron chi connectivity index (χ0n) is 26.0. The van der Waals surface area contributed by atoms with Crippen LogP contribution < -0.4 is 25.4 Å². The van der Waals surface area contributed by atoms with E-state index >= 15 is 8.78 Å². The fourth-order valence-electron chi connectivity index (χ4n) is 7.77. The average molecular weight is 663 g/mol. The fraction of sp³-hybridized carbons (Fsp3) is 0.613. The molecule has 1 saturated carbocycles. The second kappa shape index (κ2) is 11.0. The summed E-state index contributed by atoms with van der Waals surface area (Å²) in [7, 11) is 0. The number of aromatic nitrogens is 4.